The summed E-state index contributed by atoms with van der Waals surface area (Å²) in [6.07, 6.45) is 5.24. The SMILES string of the molecule is CCNc1nc(NCC2CCC(C)CC2)nc(OCC)n1. The lowest BCUT2D eigenvalue weighted by molar-refractivity contribution is 0.299. The minimum absolute atomic E-state index is 0.378. The quantitative estimate of drug-likeness (QED) is 0.805. The number of aromatic nitrogens is 3. The first-order valence-corrected chi connectivity index (χ1v) is 8.07. The van der Waals surface area contributed by atoms with Gasteiger partial charge < -0.3 is 15.4 Å². The minimum Gasteiger partial charge on any atom is -0.464 e. The van der Waals surface area contributed by atoms with Crippen molar-refractivity contribution in [2.24, 2.45) is 11.8 Å². The Morgan fingerprint density at radius 1 is 1.00 bits per heavy atom. The maximum atomic E-state index is 5.40. The highest BCUT2D eigenvalue weighted by Gasteiger charge is 2.18. The largest absolute Gasteiger partial charge is 0.464 e. The molecule has 0 unspecified atom stereocenters. The molecule has 1 aromatic heterocycles. The molecule has 6 heteroatoms. The zero-order valence-electron chi connectivity index (χ0n) is 13.4. The first kappa shape index (κ1) is 15.8. The average Bonchev–Trinajstić information content (AvgIpc) is 2.47. The Kier molecular flexibility index (Phi) is 6.02. The van der Waals surface area contributed by atoms with Crippen LogP contribution in [0.25, 0.3) is 0 Å². The molecule has 0 aliphatic heterocycles. The van der Waals surface area contributed by atoms with Gasteiger partial charge in [-0.15, -0.1) is 0 Å². The lowest BCUT2D eigenvalue weighted by Gasteiger charge is -2.26. The van der Waals surface area contributed by atoms with Crippen LogP contribution in [-0.4, -0.2) is 34.6 Å². The second-order valence-corrected chi connectivity index (χ2v) is 5.74. The van der Waals surface area contributed by atoms with Crippen molar-refractivity contribution < 1.29 is 4.74 Å². The molecule has 0 radical (unpaired) electrons. The van der Waals surface area contributed by atoms with Gasteiger partial charge in [-0.3, -0.25) is 0 Å². The van der Waals surface area contributed by atoms with Crippen LogP contribution < -0.4 is 15.4 Å². The van der Waals surface area contributed by atoms with E-state index in [1.54, 1.807) is 0 Å². The molecule has 2 N–H and O–H groups in total. The van der Waals surface area contributed by atoms with Gasteiger partial charge in [-0.05, 0) is 38.5 Å². The molecule has 1 aliphatic carbocycles. The summed E-state index contributed by atoms with van der Waals surface area (Å²) in [5.74, 6) is 2.76. The first-order valence-electron chi connectivity index (χ1n) is 8.07. The van der Waals surface area contributed by atoms with E-state index in [1.165, 1.54) is 25.7 Å². The van der Waals surface area contributed by atoms with Crippen LogP contribution in [0.4, 0.5) is 11.9 Å². The Morgan fingerprint density at radius 3 is 2.29 bits per heavy atom. The number of rotatable bonds is 7. The predicted octanol–water partition coefficient (Wildman–Crippen LogP) is 2.94. The van der Waals surface area contributed by atoms with E-state index in [4.69, 9.17) is 4.74 Å². The molecule has 0 spiro atoms. The van der Waals surface area contributed by atoms with Crippen molar-refractivity contribution in [3.05, 3.63) is 0 Å². The molecule has 0 bridgehead atoms. The number of ether oxygens (including phenoxy) is 1. The number of nitrogens with zero attached hydrogens (tertiary/aromatic N) is 3. The van der Waals surface area contributed by atoms with Gasteiger partial charge in [0, 0.05) is 13.1 Å². The zero-order valence-corrected chi connectivity index (χ0v) is 13.4. The molecule has 0 aromatic carbocycles. The van der Waals surface area contributed by atoms with E-state index in [0.717, 1.165) is 24.9 Å². The molecule has 2 rings (SSSR count). The molecule has 0 saturated heterocycles. The molecule has 6 nitrogen and oxygen atoms in total. The van der Waals surface area contributed by atoms with Crippen LogP contribution in [0.3, 0.4) is 0 Å². The van der Waals surface area contributed by atoms with Crippen molar-refractivity contribution in [3.63, 3.8) is 0 Å². The van der Waals surface area contributed by atoms with Crippen LogP contribution >= 0.6 is 0 Å². The highest BCUT2D eigenvalue weighted by Crippen LogP contribution is 2.28. The fraction of sp³-hybridized carbons (Fsp3) is 0.800. The molecular weight excluding hydrogens is 266 g/mol. The monoisotopic (exact) mass is 293 g/mol. The normalized spacial score (nSPS) is 21.9. The van der Waals surface area contributed by atoms with Gasteiger partial charge in [0.05, 0.1) is 6.61 Å². The van der Waals surface area contributed by atoms with E-state index >= 15 is 0 Å². The Morgan fingerprint density at radius 2 is 1.67 bits per heavy atom. The summed E-state index contributed by atoms with van der Waals surface area (Å²) in [6, 6.07) is 0.378. The predicted molar refractivity (Wildman–Crippen MR) is 84.8 cm³/mol. The summed E-state index contributed by atoms with van der Waals surface area (Å²) >= 11 is 0. The molecule has 1 heterocycles. The van der Waals surface area contributed by atoms with Crippen molar-refractivity contribution in [1.29, 1.82) is 0 Å². The molecule has 21 heavy (non-hydrogen) atoms. The lowest BCUT2D eigenvalue weighted by atomic mass is 9.83. The second-order valence-electron chi connectivity index (χ2n) is 5.74. The smallest absolute Gasteiger partial charge is 0.323 e. The third-order valence-corrected chi connectivity index (χ3v) is 3.91. The van der Waals surface area contributed by atoms with Crippen LogP contribution in [0.1, 0.15) is 46.5 Å². The van der Waals surface area contributed by atoms with E-state index in [9.17, 15) is 0 Å². The average molecular weight is 293 g/mol. The van der Waals surface area contributed by atoms with Crippen molar-refractivity contribution in [1.82, 2.24) is 15.0 Å². The molecule has 118 valence electrons. The van der Waals surface area contributed by atoms with Crippen LogP contribution in [0.5, 0.6) is 6.01 Å². The molecule has 0 amide bonds. The van der Waals surface area contributed by atoms with Crippen LogP contribution in [-0.2, 0) is 0 Å². The Bertz CT molecular complexity index is 408. The fourth-order valence-corrected chi connectivity index (χ4v) is 2.64. The maximum absolute atomic E-state index is 5.40. The van der Waals surface area contributed by atoms with E-state index in [-0.39, 0.29) is 0 Å². The fourth-order valence-electron chi connectivity index (χ4n) is 2.64. The van der Waals surface area contributed by atoms with Gasteiger partial charge in [-0.2, -0.15) is 15.0 Å². The van der Waals surface area contributed by atoms with Crippen molar-refractivity contribution in [2.45, 2.75) is 46.5 Å². The number of hydrogen-bond donors (Lipinski definition) is 2. The summed E-state index contributed by atoms with van der Waals surface area (Å²) < 4.78 is 5.40. The van der Waals surface area contributed by atoms with Gasteiger partial charge in [0.15, 0.2) is 0 Å². The van der Waals surface area contributed by atoms with E-state index in [1.807, 2.05) is 13.8 Å². The first-order chi connectivity index (χ1) is 10.2. The van der Waals surface area contributed by atoms with E-state index in [2.05, 4.69) is 32.5 Å². The van der Waals surface area contributed by atoms with Crippen LogP contribution in [0, 0.1) is 11.8 Å². The second kappa shape index (κ2) is 8.00. The van der Waals surface area contributed by atoms with Gasteiger partial charge >= 0.3 is 6.01 Å². The van der Waals surface area contributed by atoms with E-state index < -0.39 is 0 Å². The summed E-state index contributed by atoms with van der Waals surface area (Å²) in [6.45, 7) is 8.53. The van der Waals surface area contributed by atoms with Crippen molar-refractivity contribution in [2.75, 3.05) is 30.3 Å². The van der Waals surface area contributed by atoms with Crippen molar-refractivity contribution >= 4 is 11.9 Å². The van der Waals surface area contributed by atoms with E-state index in [0.29, 0.717) is 24.5 Å². The van der Waals surface area contributed by atoms with Gasteiger partial charge in [-0.25, -0.2) is 0 Å². The number of nitrogens with one attached hydrogen (secondary N) is 2. The molecule has 1 aromatic rings. The van der Waals surface area contributed by atoms with Crippen LogP contribution in [0.15, 0.2) is 0 Å². The molecule has 1 aliphatic rings. The Hall–Kier alpha value is -1.59. The van der Waals surface area contributed by atoms with Gasteiger partial charge in [-0.1, -0.05) is 19.8 Å². The Balaban J connectivity index is 1.94. The summed E-state index contributed by atoms with van der Waals surface area (Å²) in [5, 5.41) is 6.45. The molecule has 1 fully saturated rings. The zero-order chi connectivity index (χ0) is 15.1. The number of hydrogen-bond acceptors (Lipinski definition) is 6. The molecular formula is C15H27N5O. The number of anilines is 2. The Labute approximate surface area is 127 Å². The highest BCUT2D eigenvalue weighted by molar-refractivity contribution is 5.35. The van der Waals surface area contributed by atoms with Gasteiger partial charge in [0.2, 0.25) is 11.9 Å². The summed E-state index contributed by atoms with van der Waals surface area (Å²) in [4.78, 5) is 12.9. The minimum atomic E-state index is 0.378. The standard InChI is InChI=1S/C15H27N5O/c1-4-16-13-18-14(20-15(19-13)21-5-2)17-10-12-8-6-11(3)7-9-12/h11-12H,4-10H2,1-3H3,(H2,16,17,18,19,20). The van der Waals surface area contributed by atoms with Gasteiger partial charge in [0.1, 0.15) is 0 Å². The summed E-state index contributed by atoms with van der Waals surface area (Å²) in [5.41, 5.74) is 0. The molecule has 0 atom stereocenters. The highest BCUT2D eigenvalue weighted by atomic mass is 16.5. The third-order valence-electron chi connectivity index (χ3n) is 3.91. The summed E-state index contributed by atoms with van der Waals surface area (Å²) in [7, 11) is 0. The third kappa shape index (κ3) is 5.02. The maximum Gasteiger partial charge on any atom is 0.323 e. The van der Waals surface area contributed by atoms with Crippen molar-refractivity contribution in [3.8, 4) is 6.01 Å². The lowest BCUT2D eigenvalue weighted by Crippen LogP contribution is -2.21. The van der Waals surface area contributed by atoms with Crippen LogP contribution in [0.2, 0.25) is 0 Å². The molecule has 1 saturated carbocycles. The topological polar surface area (TPSA) is 72.0 Å². The van der Waals surface area contributed by atoms with Gasteiger partial charge in [0.25, 0.3) is 0 Å².